The van der Waals surface area contributed by atoms with Crippen LogP contribution in [0.3, 0.4) is 0 Å². The first-order valence-electron chi connectivity index (χ1n) is 4.87. The van der Waals surface area contributed by atoms with Crippen molar-refractivity contribution in [1.29, 1.82) is 0 Å². The van der Waals surface area contributed by atoms with Crippen LogP contribution in [0, 0.1) is 11.8 Å². The van der Waals surface area contributed by atoms with Gasteiger partial charge in [0.15, 0.2) is 0 Å². The zero-order valence-corrected chi connectivity index (χ0v) is 8.43. The second-order valence-electron chi connectivity index (χ2n) is 3.83. The summed E-state index contributed by atoms with van der Waals surface area (Å²) in [5, 5.41) is 0. The number of nitrogens with two attached hydrogens (primary N) is 1. The lowest BCUT2D eigenvalue weighted by molar-refractivity contribution is 0.357. The minimum atomic E-state index is 0.403. The average Bonchev–Trinajstić information content (AvgIpc) is 1.99. The zero-order chi connectivity index (χ0) is 8.85. The van der Waals surface area contributed by atoms with E-state index in [2.05, 4.69) is 27.7 Å². The second-order valence-corrected chi connectivity index (χ2v) is 3.83. The second kappa shape index (κ2) is 5.59. The first-order chi connectivity index (χ1) is 5.11. The molecule has 0 saturated heterocycles. The summed E-state index contributed by atoms with van der Waals surface area (Å²) in [4.78, 5) is 0. The van der Waals surface area contributed by atoms with Crippen LogP contribution in [0.4, 0.5) is 0 Å². The molecule has 0 aromatic rings. The minimum Gasteiger partial charge on any atom is -0.327 e. The van der Waals surface area contributed by atoms with Crippen LogP contribution in [0.15, 0.2) is 0 Å². The standard InChI is InChI=1S/C10H23N/c1-5-9(6-2)7-10(11)8(3)4/h8-10H,5-7,11H2,1-4H3. The van der Waals surface area contributed by atoms with Crippen molar-refractivity contribution in [3.05, 3.63) is 0 Å². The highest BCUT2D eigenvalue weighted by Gasteiger charge is 2.12. The summed E-state index contributed by atoms with van der Waals surface area (Å²) in [6, 6.07) is 0.403. The Balaban J connectivity index is 3.62. The van der Waals surface area contributed by atoms with Gasteiger partial charge in [-0.25, -0.2) is 0 Å². The topological polar surface area (TPSA) is 26.0 Å². The molecule has 1 atom stereocenters. The van der Waals surface area contributed by atoms with E-state index in [0.29, 0.717) is 12.0 Å². The average molecular weight is 157 g/mol. The number of rotatable bonds is 5. The molecule has 1 unspecified atom stereocenters. The van der Waals surface area contributed by atoms with Gasteiger partial charge in [-0.3, -0.25) is 0 Å². The number of hydrogen-bond donors (Lipinski definition) is 1. The molecular weight excluding hydrogens is 134 g/mol. The fourth-order valence-electron chi connectivity index (χ4n) is 1.28. The molecule has 0 heterocycles. The molecule has 0 rings (SSSR count). The minimum absolute atomic E-state index is 0.403. The van der Waals surface area contributed by atoms with Crippen molar-refractivity contribution >= 4 is 0 Å². The molecule has 0 aliphatic rings. The third-order valence-electron chi connectivity index (χ3n) is 2.62. The Morgan fingerprint density at radius 1 is 1.09 bits per heavy atom. The molecule has 2 N–H and O–H groups in total. The largest absolute Gasteiger partial charge is 0.327 e. The molecule has 0 fully saturated rings. The van der Waals surface area contributed by atoms with Crippen LogP contribution in [-0.2, 0) is 0 Å². The van der Waals surface area contributed by atoms with Gasteiger partial charge in [0.05, 0.1) is 0 Å². The van der Waals surface area contributed by atoms with Gasteiger partial charge >= 0.3 is 0 Å². The van der Waals surface area contributed by atoms with Gasteiger partial charge in [-0.15, -0.1) is 0 Å². The highest BCUT2D eigenvalue weighted by molar-refractivity contribution is 4.69. The molecule has 11 heavy (non-hydrogen) atoms. The summed E-state index contributed by atoms with van der Waals surface area (Å²) in [5.41, 5.74) is 5.97. The highest BCUT2D eigenvalue weighted by Crippen LogP contribution is 2.17. The van der Waals surface area contributed by atoms with Crippen molar-refractivity contribution in [3.8, 4) is 0 Å². The SMILES string of the molecule is CCC(CC)CC(N)C(C)C. The molecule has 0 aromatic carbocycles. The number of hydrogen-bond acceptors (Lipinski definition) is 1. The van der Waals surface area contributed by atoms with Crippen LogP contribution < -0.4 is 5.73 Å². The summed E-state index contributed by atoms with van der Waals surface area (Å²) in [6.07, 6.45) is 3.75. The van der Waals surface area contributed by atoms with E-state index in [1.165, 1.54) is 19.3 Å². The summed E-state index contributed by atoms with van der Waals surface area (Å²) in [6.45, 7) is 8.91. The maximum absolute atomic E-state index is 5.97. The molecule has 0 aliphatic carbocycles. The lowest BCUT2D eigenvalue weighted by Gasteiger charge is -2.20. The fourth-order valence-corrected chi connectivity index (χ4v) is 1.28. The molecule has 0 saturated carbocycles. The van der Waals surface area contributed by atoms with Gasteiger partial charge in [0, 0.05) is 6.04 Å². The molecule has 0 spiro atoms. The monoisotopic (exact) mass is 157 g/mol. The van der Waals surface area contributed by atoms with Gasteiger partial charge < -0.3 is 5.73 Å². The Hall–Kier alpha value is -0.0400. The normalized spacial score (nSPS) is 14.5. The van der Waals surface area contributed by atoms with Gasteiger partial charge in [0.1, 0.15) is 0 Å². The van der Waals surface area contributed by atoms with Gasteiger partial charge in [-0.2, -0.15) is 0 Å². The van der Waals surface area contributed by atoms with Crippen LogP contribution in [0.5, 0.6) is 0 Å². The Labute approximate surface area is 71.4 Å². The summed E-state index contributed by atoms with van der Waals surface area (Å²) >= 11 is 0. The Kier molecular flexibility index (Phi) is 5.57. The van der Waals surface area contributed by atoms with E-state index in [4.69, 9.17) is 5.73 Å². The molecule has 0 bridgehead atoms. The third kappa shape index (κ3) is 4.41. The van der Waals surface area contributed by atoms with Gasteiger partial charge in [0.2, 0.25) is 0 Å². The van der Waals surface area contributed by atoms with Crippen molar-refractivity contribution in [3.63, 3.8) is 0 Å². The van der Waals surface area contributed by atoms with Crippen molar-refractivity contribution < 1.29 is 0 Å². The molecule has 0 aromatic heterocycles. The van der Waals surface area contributed by atoms with Crippen molar-refractivity contribution in [1.82, 2.24) is 0 Å². The third-order valence-corrected chi connectivity index (χ3v) is 2.62. The molecule has 68 valence electrons. The zero-order valence-electron chi connectivity index (χ0n) is 8.43. The summed E-state index contributed by atoms with van der Waals surface area (Å²) in [5.74, 6) is 1.47. The highest BCUT2D eigenvalue weighted by atomic mass is 14.6. The van der Waals surface area contributed by atoms with Gasteiger partial charge in [-0.1, -0.05) is 40.5 Å². The first-order valence-corrected chi connectivity index (χ1v) is 4.87. The van der Waals surface area contributed by atoms with Crippen LogP contribution in [0.1, 0.15) is 47.0 Å². The summed E-state index contributed by atoms with van der Waals surface area (Å²) < 4.78 is 0. The van der Waals surface area contributed by atoms with Crippen LogP contribution >= 0.6 is 0 Å². The summed E-state index contributed by atoms with van der Waals surface area (Å²) in [7, 11) is 0. The quantitative estimate of drug-likeness (QED) is 0.652. The van der Waals surface area contributed by atoms with Crippen LogP contribution in [0.25, 0.3) is 0 Å². The van der Waals surface area contributed by atoms with E-state index in [1.54, 1.807) is 0 Å². The smallest absolute Gasteiger partial charge is 0.00645 e. The Morgan fingerprint density at radius 3 is 1.82 bits per heavy atom. The maximum atomic E-state index is 5.97. The van der Waals surface area contributed by atoms with Crippen molar-refractivity contribution in [2.75, 3.05) is 0 Å². The van der Waals surface area contributed by atoms with Crippen LogP contribution in [0.2, 0.25) is 0 Å². The molecule has 0 aliphatic heterocycles. The first kappa shape index (κ1) is 11.0. The molecule has 1 heteroatoms. The van der Waals surface area contributed by atoms with E-state index in [1.807, 2.05) is 0 Å². The van der Waals surface area contributed by atoms with Crippen LogP contribution in [-0.4, -0.2) is 6.04 Å². The molecule has 1 nitrogen and oxygen atoms in total. The van der Waals surface area contributed by atoms with Gasteiger partial charge in [0.25, 0.3) is 0 Å². The van der Waals surface area contributed by atoms with Gasteiger partial charge in [-0.05, 0) is 18.3 Å². The molecular formula is C10H23N. The van der Waals surface area contributed by atoms with E-state index in [9.17, 15) is 0 Å². The lowest BCUT2D eigenvalue weighted by atomic mass is 9.90. The Bertz CT molecular complexity index is 84.9. The van der Waals surface area contributed by atoms with E-state index in [-0.39, 0.29) is 0 Å². The van der Waals surface area contributed by atoms with E-state index >= 15 is 0 Å². The Morgan fingerprint density at radius 2 is 1.55 bits per heavy atom. The van der Waals surface area contributed by atoms with Crippen molar-refractivity contribution in [2.45, 2.75) is 53.0 Å². The fraction of sp³-hybridized carbons (Fsp3) is 1.00. The van der Waals surface area contributed by atoms with E-state index in [0.717, 1.165) is 5.92 Å². The molecule has 0 amide bonds. The maximum Gasteiger partial charge on any atom is 0.00645 e. The lowest BCUT2D eigenvalue weighted by Crippen LogP contribution is -2.28. The van der Waals surface area contributed by atoms with Crippen molar-refractivity contribution in [2.24, 2.45) is 17.6 Å². The predicted octanol–water partition coefficient (Wildman–Crippen LogP) is 2.80. The molecule has 0 radical (unpaired) electrons. The van der Waals surface area contributed by atoms with E-state index < -0.39 is 0 Å². The predicted molar refractivity (Wildman–Crippen MR) is 51.5 cm³/mol.